The number of rotatable bonds is 32. The molecule has 0 aliphatic carbocycles. The van der Waals surface area contributed by atoms with E-state index < -0.39 is 377 Å². The molecule has 9 heterocycles. The van der Waals surface area contributed by atoms with E-state index >= 15 is 0 Å². The molecule has 0 aromatic heterocycles. The van der Waals surface area contributed by atoms with Crippen molar-refractivity contribution in [3.63, 3.8) is 0 Å². The van der Waals surface area contributed by atoms with Gasteiger partial charge in [0, 0.05) is 34.1 Å². The van der Waals surface area contributed by atoms with Gasteiger partial charge in [-0.2, -0.15) is 0 Å². The van der Waals surface area contributed by atoms with Gasteiger partial charge in [-0.1, -0.05) is 0 Å². The van der Waals surface area contributed by atoms with Crippen molar-refractivity contribution in [2.45, 2.75) is 316 Å². The van der Waals surface area contributed by atoms with Crippen molar-refractivity contribution in [3.05, 3.63) is 0 Å². The Balaban J connectivity index is 0.901. The summed E-state index contributed by atoms with van der Waals surface area (Å²) in [6.07, 6.45) is -87.9. The fourth-order valence-corrected chi connectivity index (χ4v) is 15.3. The fourth-order valence-electron chi connectivity index (χ4n) is 15.3. The van der Waals surface area contributed by atoms with Gasteiger partial charge in [-0.05, 0) is 0 Å². The van der Waals surface area contributed by atoms with E-state index in [2.05, 4.69) is 21.3 Å². The first-order chi connectivity index (χ1) is 55.7. The number of nitrogens with one attached hydrogen (secondary N) is 4. The number of carbonyl (C=O) groups excluding carboxylic acids is 4. The summed E-state index contributed by atoms with van der Waals surface area (Å²) < 4.78 is 98.4. The van der Waals surface area contributed by atoms with Crippen molar-refractivity contribution < 1.29 is 242 Å². The summed E-state index contributed by atoms with van der Waals surface area (Å²) in [7, 11) is 0. The number of amides is 4. The molecule has 0 unspecified atom stereocenters. The van der Waals surface area contributed by atoms with Crippen LogP contribution in [0.25, 0.3) is 0 Å². The molecule has 682 valence electrons. The third-order valence-electron chi connectivity index (χ3n) is 21.3. The minimum atomic E-state index is -3.27. The minimum absolute atomic E-state index is 0.862. The molecule has 53 heteroatoms. The molecule has 9 aliphatic heterocycles. The highest BCUT2D eigenvalue weighted by Crippen LogP contribution is 2.42. The summed E-state index contributed by atoms with van der Waals surface area (Å²) in [5.74, 6) is -9.16. The van der Waals surface area contributed by atoms with Crippen LogP contribution in [0.3, 0.4) is 0 Å². The zero-order valence-electron chi connectivity index (χ0n) is 63.1. The maximum Gasteiger partial charge on any atom is 0.364 e. The second-order valence-electron chi connectivity index (χ2n) is 29.5. The quantitative estimate of drug-likeness (QED) is 0.0297. The normalized spacial score (nSPS) is 47.6. The Bertz CT molecular complexity index is 3210. The molecule has 9 saturated heterocycles. The van der Waals surface area contributed by atoms with Crippen LogP contribution in [-0.4, -0.2) is 509 Å². The van der Waals surface area contributed by atoms with Gasteiger partial charge in [-0.3, -0.25) is 19.2 Å². The van der Waals surface area contributed by atoms with E-state index in [1.807, 2.05) is 0 Å². The first-order valence-corrected chi connectivity index (χ1v) is 37.3. The molecule has 9 fully saturated rings. The molecule has 118 heavy (non-hydrogen) atoms. The van der Waals surface area contributed by atoms with Crippen molar-refractivity contribution in [3.8, 4) is 0 Å². The monoisotopic (exact) mass is 1730 g/mol. The summed E-state index contributed by atoms with van der Waals surface area (Å²) in [5.41, 5.74) is 0. The third kappa shape index (κ3) is 21.1. The van der Waals surface area contributed by atoms with Crippen LogP contribution in [-0.2, 0) is 104 Å². The van der Waals surface area contributed by atoms with Crippen LogP contribution < -0.4 is 21.3 Å². The van der Waals surface area contributed by atoms with E-state index in [-0.39, 0.29) is 0 Å². The van der Waals surface area contributed by atoms with Crippen LogP contribution in [0.1, 0.15) is 34.1 Å². The molecule has 31 N–H and O–H groups in total. The topological polar surface area (TPSA) is 837 Å². The van der Waals surface area contributed by atoms with Gasteiger partial charge in [-0.25, -0.2) is 4.79 Å². The van der Waals surface area contributed by atoms with Gasteiger partial charge in [0.25, 0.3) is 5.79 Å². The number of carbonyl (C=O) groups is 5. The van der Waals surface area contributed by atoms with Crippen LogP contribution in [0.15, 0.2) is 0 Å². The zero-order chi connectivity index (χ0) is 87.3. The molecular formula is C65H108N4O49. The number of aliphatic hydroxyl groups excluding tert-OH is 26. The van der Waals surface area contributed by atoms with Crippen molar-refractivity contribution in [2.75, 3.05) is 59.5 Å². The van der Waals surface area contributed by atoms with Gasteiger partial charge in [0.1, 0.15) is 213 Å². The van der Waals surface area contributed by atoms with Crippen LogP contribution in [0.4, 0.5) is 0 Å². The van der Waals surface area contributed by atoms with Crippen molar-refractivity contribution in [2.24, 2.45) is 0 Å². The molecule has 0 radical (unpaired) electrons. The minimum Gasteiger partial charge on any atom is -0.477 e. The Labute approximate surface area is 666 Å². The number of hydrogen-bond acceptors (Lipinski definition) is 48. The molecule has 9 rings (SSSR count). The first-order valence-electron chi connectivity index (χ1n) is 37.3. The second kappa shape index (κ2) is 42.1. The molecule has 0 aromatic carbocycles. The van der Waals surface area contributed by atoms with Crippen LogP contribution in [0, 0.1) is 0 Å². The SMILES string of the molecule is CC(=O)N[C@H]1[C@H](O[C@H]2[C@@H](O)[C@@H](CO)O[C@@H](O[C@@H]3[C@@H](O)[C@H](O)O[C@H](CO)[C@H]3O)[C@@H]2O)O[C@H](CO)[C@@H](O[C@@H]2O[C@H](CO)[C@H](O)[C@H](O[C@@H]3O[C@H](CO)[C@@H](O[C@@H]4O[C@H](CO)[C@H](O)[C@H](O[C@@H]5O[C@H](CO)[C@@H](O[C@@H]6O[C@H](CO)[C@H](O)[C@H](O[C@]7(C(=O)O)C[C@H](O)[C@@H](NC(C)=O)[C@H]([C@H](O)[C@H](O)CO)O7)[C@H]6O)[C@H](O)[C@H]5NC(C)=O)[C@H]4O)[C@H](O)[C@H]3NC(C)=O)[C@H]2O)[C@@H]1O. The van der Waals surface area contributed by atoms with E-state index in [0.717, 1.165) is 27.7 Å². The van der Waals surface area contributed by atoms with E-state index in [4.69, 9.17) is 80.5 Å². The predicted octanol–water partition coefficient (Wildman–Crippen LogP) is -20.8. The number of carboxylic acids is 1. The number of ether oxygens (including phenoxy) is 17. The van der Waals surface area contributed by atoms with Crippen LogP contribution in [0.2, 0.25) is 0 Å². The lowest BCUT2D eigenvalue weighted by molar-refractivity contribution is -0.392. The standard InChI is InChI=1S/C65H108N4O49/c1-15(79)66-29-19(83)5-65(64(100)101,117-50(29)33(85)20(84)6-70)118-55-38(90)25(11-75)106-63(46(55)98)112-49-28(14-78)109-58(32(41(49)93)69-18(4)82)114-53-36(88)23(9-73)104-61(44(53)96)110-47-26(12-76)107-57(30(39(47)91)67-16(2)80)113-52-35(87)22(8-72)103-60(43(52)95)111-48-27(13-77)108-59(31(40(48)92)68-17(3)81)115-54-37(89)24(10-74)105-62(45(54)97)116-51-34(86)21(7-71)102-56(99)42(51)94/h19-63,70-78,83-99H,5-14H2,1-4H3,(H,66,79)(H,67,80)(H,68,81)(H,69,82)(H,100,101)/t19-,20+,21+,22+,23+,24+,25+,26+,27+,28+,29+,30+,31+,32+,33+,34+,35-,36-,37-,38-,39+,40+,41+,42+,43+,44+,45+,46+,47+,48+,49+,50+,51-,52-,53-,54-,55-,56+,57-,58-,59-,60-,61-,62-,63-,65-/m0/s1. The average molecular weight is 1730 g/mol. The summed E-state index contributed by atoms with van der Waals surface area (Å²) in [4.78, 5) is 64.1. The fraction of sp³-hybridized carbons (Fsp3) is 0.923. The van der Waals surface area contributed by atoms with Gasteiger partial charge in [0.05, 0.1) is 71.6 Å². The highest BCUT2D eigenvalue weighted by atomic mass is 16.8. The van der Waals surface area contributed by atoms with E-state index in [9.17, 15) is 162 Å². The predicted molar refractivity (Wildman–Crippen MR) is 361 cm³/mol. The molecule has 0 aromatic rings. The Morgan fingerprint density at radius 2 is 0.585 bits per heavy atom. The summed E-state index contributed by atoms with van der Waals surface area (Å²) in [5, 5.41) is 308. The van der Waals surface area contributed by atoms with E-state index in [1.165, 1.54) is 0 Å². The molecular weight excluding hydrogens is 1620 g/mol. The van der Waals surface area contributed by atoms with E-state index in [0.29, 0.717) is 0 Å². The molecule has 46 atom stereocenters. The van der Waals surface area contributed by atoms with Crippen LogP contribution in [0.5, 0.6) is 0 Å². The second-order valence-corrected chi connectivity index (χ2v) is 29.5. The highest BCUT2D eigenvalue weighted by molar-refractivity contribution is 5.77. The van der Waals surface area contributed by atoms with Gasteiger partial charge in [0.2, 0.25) is 23.6 Å². The summed E-state index contributed by atoms with van der Waals surface area (Å²) in [6.45, 7) is -6.52. The lowest BCUT2D eigenvalue weighted by Gasteiger charge is -2.51. The molecule has 9 aliphatic rings. The smallest absolute Gasteiger partial charge is 0.364 e. The number of carboxylic acid groups (broad SMARTS) is 1. The Hall–Kier alpha value is -4.37. The van der Waals surface area contributed by atoms with Gasteiger partial charge in [0.15, 0.2) is 50.3 Å². The number of hydrogen-bond donors (Lipinski definition) is 31. The van der Waals surface area contributed by atoms with Gasteiger partial charge >= 0.3 is 5.97 Å². The van der Waals surface area contributed by atoms with E-state index in [1.54, 1.807) is 0 Å². The summed E-state index contributed by atoms with van der Waals surface area (Å²) >= 11 is 0. The Morgan fingerprint density at radius 1 is 0.331 bits per heavy atom. The van der Waals surface area contributed by atoms with Crippen molar-refractivity contribution in [1.29, 1.82) is 0 Å². The van der Waals surface area contributed by atoms with Crippen molar-refractivity contribution in [1.82, 2.24) is 21.3 Å². The molecule has 4 amide bonds. The Kier molecular flexibility index (Phi) is 34.7. The number of aliphatic hydroxyl groups is 26. The molecule has 53 nitrogen and oxygen atoms in total. The first kappa shape index (κ1) is 97.4. The zero-order valence-corrected chi connectivity index (χ0v) is 63.1. The third-order valence-corrected chi connectivity index (χ3v) is 21.3. The van der Waals surface area contributed by atoms with Gasteiger partial charge < -0.3 is 240 Å². The lowest BCUT2D eigenvalue weighted by atomic mass is 9.88. The average Bonchev–Trinajstić information content (AvgIpc) is 0.746. The molecule has 0 bridgehead atoms. The Morgan fingerprint density at radius 3 is 0.873 bits per heavy atom. The molecule has 0 spiro atoms. The van der Waals surface area contributed by atoms with Crippen LogP contribution >= 0.6 is 0 Å². The van der Waals surface area contributed by atoms with Gasteiger partial charge in [-0.15, -0.1) is 0 Å². The summed E-state index contributed by atoms with van der Waals surface area (Å²) in [6, 6.07) is -7.62. The maximum atomic E-state index is 13.2. The molecule has 0 saturated carbocycles. The lowest BCUT2D eigenvalue weighted by Crippen LogP contribution is -2.71. The van der Waals surface area contributed by atoms with Crippen molar-refractivity contribution >= 4 is 29.6 Å². The number of aliphatic carboxylic acids is 1. The largest absolute Gasteiger partial charge is 0.477 e. The maximum absolute atomic E-state index is 13.2. The highest BCUT2D eigenvalue weighted by Gasteiger charge is 2.64.